The molecule has 0 aliphatic carbocycles. The Hall–Kier alpha value is -1.92. The molecule has 0 atom stereocenters. The van der Waals surface area contributed by atoms with Crippen LogP contribution in [0.5, 0.6) is 0 Å². The first-order valence-corrected chi connectivity index (χ1v) is 6.02. The topological polar surface area (TPSA) is 49.6 Å². The van der Waals surface area contributed by atoms with Crippen molar-refractivity contribution in [3.63, 3.8) is 0 Å². The summed E-state index contributed by atoms with van der Waals surface area (Å²) < 4.78 is 0. The summed E-state index contributed by atoms with van der Waals surface area (Å²) in [6, 6.07) is 9.46. The minimum atomic E-state index is 0.222. The van der Waals surface area contributed by atoms with Gasteiger partial charge in [-0.3, -0.25) is 0 Å². The normalized spacial score (nSPS) is 10.4. The van der Waals surface area contributed by atoms with E-state index in [9.17, 15) is 0 Å². The van der Waals surface area contributed by atoms with Crippen molar-refractivity contribution in [1.29, 1.82) is 5.26 Å². The van der Waals surface area contributed by atoms with Gasteiger partial charge in [0.25, 0.3) is 0 Å². The van der Waals surface area contributed by atoms with Crippen LogP contribution >= 0.6 is 11.6 Å². The SMILES string of the molecule is CC(C)c1c(Cl)ncnc1-c1cccc(C#N)c1. The highest BCUT2D eigenvalue weighted by Gasteiger charge is 2.15. The average molecular weight is 258 g/mol. The van der Waals surface area contributed by atoms with Gasteiger partial charge in [0.2, 0.25) is 0 Å². The molecule has 1 heterocycles. The number of hydrogen-bond donors (Lipinski definition) is 0. The van der Waals surface area contributed by atoms with E-state index in [0.29, 0.717) is 10.7 Å². The molecule has 0 N–H and O–H groups in total. The summed E-state index contributed by atoms with van der Waals surface area (Å²) in [6.45, 7) is 4.09. The molecule has 1 aromatic carbocycles. The predicted octanol–water partition coefficient (Wildman–Crippen LogP) is 3.79. The summed E-state index contributed by atoms with van der Waals surface area (Å²) in [5, 5.41) is 9.40. The van der Waals surface area contributed by atoms with E-state index in [0.717, 1.165) is 16.8 Å². The fraction of sp³-hybridized carbons (Fsp3) is 0.214. The molecule has 3 nitrogen and oxygen atoms in total. The zero-order chi connectivity index (χ0) is 13.1. The van der Waals surface area contributed by atoms with E-state index in [2.05, 4.69) is 16.0 Å². The molecule has 4 heteroatoms. The molecule has 1 aromatic heterocycles. The van der Waals surface area contributed by atoms with E-state index < -0.39 is 0 Å². The van der Waals surface area contributed by atoms with Crippen LogP contribution in [0, 0.1) is 11.3 Å². The van der Waals surface area contributed by atoms with E-state index in [-0.39, 0.29) is 5.92 Å². The third kappa shape index (κ3) is 2.34. The first kappa shape index (κ1) is 12.5. The smallest absolute Gasteiger partial charge is 0.136 e. The van der Waals surface area contributed by atoms with Crippen LogP contribution < -0.4 is 0 Å². The van der Waals surface area contributed by atoms with Gasteiger partial charge in [-0.1, -0.05) is 37.6 Å². The van der Waals surface area contributed by atoms with Crippen LogP contribution in [0.25, 0.3) is 11.3 Å². The van der Waals surface area contributed by atoms with Crippen LogP contribution in [-0.2, 0) is 0 Å². The number of nitrogens with zero attached hydrogens (tertiary/aromatic N) is 3. The van der Waals surface area contributed by atoms with E-state index in [1.165, 1.54) is 6.33 Å². The summed E-state index contributed by atoms with van der Waals surface area (Å²) in [5.41, 5.74) is 3.20. The molecule has 0 amide bonds. The van der Waals surface area contributed by atoms with Crippen molar-refractivity contribution in [1.82, 2.24) is 9.97 Å². The molecule has 0 aliphatic heterocycles. The standard InChI is InChI=1S/C14H12ClN3/c1-9(2)12-13(17-8-18-14(12)15)11-5-3-4-10(6-11)7-16/h3-6,8-9H,1-2H3. The van der Waals surface area contributed by atoms with Crippen molar-refractivity contribution in [2.24, 2.45) is 0 Å². The molecular formula is C14H12ClN3. The van der Waals surface area contributed by atoms with Crippen LogP contribution in [-0.4, -0.2) is 9.97 Å². The lowest BCUT2D eigenvalue weighted by Gasteiger charge is -2.12. The van der Waals surface area contributed by atoms with Crippen LogP contribution in [0.3, 0.4) is 0 Å². The van der Waals surface area contributed by atoms with Crippen LogP contribution in [0.2, 0.25) is 5.15 Å². The zero-order valence-corrected chi connectivity index (χ0v) is 10.9. The lowest BCUT2D eigenvalue weighted by Crippen LogP contribution is -1.99. The molecule has 0 unspecified atom stereocenters. The van der Waals surface area contributed by atoms with Gasteiger partial charge in [-0.05, 0) is 18.1 Å². The second-order valence-electron chi connectivity index (χ2n) is 4.27. The zero-order valence-electron chi connectivity index (χ0n) is 10.2. The minimum Gasteiger partial charge on any atom is -0.236 e. The van der Waals surface area contributed by atoms with Gasteiger partial charge in [0, 0.05) is 11.1 Å². The van der Waals surface area contributed by atoms with Crippen molar-refractivity contribution < 1.29 is 0 Å². The van der Waals surface area contributed by atoms with Gasteiger partial charge in [0.15, 0.2) is 0 Å². The molecule has 0 saturated carbocycles. The van der Waals surface area contributed by atoms with Crippen LogP contribution in [0.1, 0.15) is 30.9 Å². The number of benzene rings is 1. The monoisotopic (exact) mass is 257 g/mol. The number of rotatable bonds is 2. The number of halogens is 1. The average Bonchev–Trinajstić information content (AvgIpc) is 2.38. The molecule has 0 fully saturated rings. The van der Waals surface area contributed by atoms with Gasteiger partial charge in [0.1, 0.15) is 11.5 Å². The maximum Gasteiger partial charge on any atom is 0.136 e. The Morgan fingerprint density at radius 1 is 1.28 bits per heavy atom. The second kappa shape index (κ2) is 5.16. The summed E-state index contributed by atoms with van der Waals surface area (Å²) in [4.78, 5) is 8.32. The fourth-order valence-electron chi connectivity index (χ4n) is 1.85. The summed E-state index contributed by atoms with van der Waals surface area (Å²) in [7, 11) is 0. The summed E-state index contributed by atoms with van der Waals surface area (Å²) in [5.74, 6) is 0.222. The Morgan fingerprint density at radius 2 is 2.06 bits per heavy atom. The second-order valence-corrected chi connectivity index (χ2v) is 4.63. The Bertz CT molecular complexity index is 615. The van der Waals surface area contributed by atoms with E-state index >= 15 is 0 Å². The van der Waals surface area contributed by atoms with E-state index in [4.69, 9.17) is 16.9 Å². The van der Waals surface area contributed by atoms with Gasteiger partial charge in [-0.15, -0.1) is 0 Å². The minimum absolute atomic E-state index is 0.222. The highest BCUT2D eigenvalue weighted by Crippen LogP contribution is 2.31. The molecule has 0 bridgehead atoms. The van der Waals surface area contributed by atoms with Gasteiger partial charge < -0.3 is 0 Å². The van der Waals surface area contributed by atoms with Crippen molar-refractivity contribution in [3.05, 3.63) is 46.9 Å². The highest BCUT2D eigenvalue weighted by molar-refractivity contribution is 6.30. The lowest BCUT2D eigenvalue weighted by molar-refractivity contribution is 0.850. The first-order valence-electron chi connectivity index (χ1n) is 5.64. The Kier molecular flexibility index (Phi) is 3.59. The number of hydrogen-bond acceptors (Lipinski definition) is 3. The third-order valence-corrected chi connectivity index (χ3v) is 2.98. The Balaban J connectivity index is 2.64. The third-order valence-electron chi connectivity index (χ3n) is 2.68. The fourth-order valence-corrected chi connectivity index (χ4v) is 2.20. The van der Waals surface area contributed by atoms with Gasteiger partial charge in [0.05, 0.1) is 17.3 Å². The maximum absolute atomic E-state index is 8.93. The predicted molar refractivity (Wildman–Crippen MR) is 71.3 cm³/mol. The van der Waals surface area contributed by atoms with Gasteiger partial charge in [-0.25, -0.2) is 9.97 Å². The lowest BCUT2D eigenvalue weighted by atomic mass is 9.98. The maximum atomic E-state index is 8.93. The molecule has 2 rings (SSSR count). The summed E-state index contributed by atoms with van der Waals surface area (Å²) >= 11 is 6.13. The molecule has 18 heavy (non-hydrogen) atoms. The highest BCUT2D eigenvalue weighted by atomic mass is 35.5. The van der Waals surface area contributed by atoms with E-state index in [1.807, 2.05) is 32.0 Å². The molecular weight excluding hydrogens is 246 g/mol. The first-order chi connectivity index (χ1) is 8.63. The van der Waals surface area contributed by atoms with Crippen molar-refractivity contribution in [2.75, 3.05) is 0 Å². The number of nitriles is 1. The molecule has 0 spiro atoms. The Morgan fingerprint density at radius 3 is 2.72 bits per heavy atom. The van der Waals surface area contributed by atoms with Gasteiger partial charge in [-0.2, -0.15) is 5.26 Å². The summed E-state index contributed by atoms with van der Waals surface area (Å²) in [6.07, 6.45) is 1.45. The van der Waals surface area contributed by atoms with Crippen LogP contribution in [0.15, 0.2) is 30.6 Å². The molecule has 0 radical (unpaired) electrons. The molecule has 90 valence electrons. The van der Waals surface area contributed by atoms with E-state index in [1.54, 1.807) is 6.07 Å². The largest absolute Gasteiger partial charge is 0.236 e. The quantitative estimate of drug-likeness (QED) is 0.769. The molecule has 2 aromatic rings. The molecule has 0 saturated heterocycles. The Labute approximate surface area is 111 Å². The van der Waals surface area contributed by atoms with Gasteiger partial charge >= 0.3 is 0 Å². The van der Waals surface area contributed by atoms with Crippen molar-refractivity contribution in [3.8, 4) is 17.3 Å². The number of aromatic nitrogens is 2. The molecule has 0 aliphatic rings. The van der Waals surface area contributed by atoms with Crippen LogP contribution in [0.4, 0.5) is 0 Å². The van der Waals surface area contributed by atoms with Crippen molar-refractivity contribution in [2.45, 2.75) is 19.8 Å². The van der Waals surface area contributed by atoms with Crippen molar-refractivity contribution >= 4 is 11.6 Å².